The fourth-order valence-electron chi connectivity index (χ4n) is 4.78. The number of nitrogens with one attached hydrogen (secondary N) is 2. The van der Waals surface area contributed by atoms with Gasteiger partial charge >= 0.3 is 5.97 Å². The molecule has 1 aliphatic rings. The molecule has 1 aliphatic carbocycles. The molecule has 3 N–H and O–H groups in total. The van der Waals surface area contributed by atoms with Crippen molar-refractivity contribution in [1.29, 1.82) is 0 Å². The maximum absolute atomic E-state index is 15.0. The Morgan fingerprint density at radius 1 is 0.973 bits per heavy atom. The number of benzene rings is 3. The van der Waals surface area contributed by atoms with Crippen LogP contribution in [-0.4, -0.2) is 27.8 Å². The second-order valence-corrected chi connectivity index (χ2v) is 10.2. The van der Waals surface area contributed by atoms with E-state index in [1.165, 1.54) is 24.3 Å². The van der Waals surface area contributed by atoms with Crippen LogP contribution in [0.25, 0.3) is 21.3 Å². The minimum Gasteiger partial charge on any atom is -0.481 e. The smallest absolute Gasteiger partial charge is 0.307 e. The Labute approximate surface area is 216 Å². The molecule has 37 heavy (non-hydrogen) atoms. The quantitative estimate of drug-likeness (QED) is 0.242. The topological polar surface area (TPSA) is 108 Å². The first-order valence-corrected chi connectivity index (χ1v) is 12.7. The van der Waals surface area contributed by atoms with Gasteiger partial charge in [-0.3, -0.25) is 14.4 Å². The van der Waals surface area contributed by atoms with Crippen molar-refractivity contribution in [2.75, 3.05) is 10.6 Å². The molecule has 0 radical (unpaired) electrons. The van der Waals surface area contributed by atoms with E-state index in [0.29, 0.717) is 34.8 Å². The Kier molecular flexibility index (Phi) is 6.71. The molecule has 188 valence electrons. The number of nitrogens with zero attached hydrogens (tertiary/aromatic N) is 1. The summed E-state index contributed by atoms with van der Waals surface area (Å²) in [5.41, 5.74) is 3.55. The van der Waals surface area contributed by atoms with Crippen LogP contribution in [0.5, 0.6) is 0 Å². The molecule has 4 aromatic rings. The maximum atomic E-state index is 15.0. The summed E-state index contributed by atoms with van der Waals surface area (Å²) < 4.78 is 15.8. The molecular weight excluding hydrogens is 493 g/mol. The molecule has 0 spiro atoms. The highest BCUT2D eigenvalue weighted by Crippen LogP contribution is 2.35. The van der Waals surface area contributed by atoms with Gasteiger partial charge < -0.3 is 15.7 Å². The number of hydrogen-bond acceptors (Lipinski definition) is 6. The molecule has 0 unspecified atom stereocenters. The number of amides is 1. The van der Waals surface area contributed by atoms with Crippen LogP contribution in [0.2, 0.25) is 0 Å². The van der Waals surface area contributed by atoms with Crippen LogP contribution in [0.4, 0.5) is 20.9 Å². The summed E-state index contributed by atoms with van der Waals surface area (Å²) in [7, 11) is 0. The molecule has 0 saturated heterocycles. The van der Waals surface area contributed by atoms with Gasteiger partial charge in [0.2, 0.25) is 5.91 Å². The summed E-state index contributed by atoms with van der Waals surface area (Å²) >= 11 is 1.35. The van der Waals surface area contributed by atoms with Crippen molar-refractivity contribution < 1.29 is 23.9 Å². The Balaban J connectivity index is 1.30. The normalized spacial score (nSPS) is 17.0. The third kappa shape index (κ3) is 5.22. The van der Waals surface area contributed by atoms with E-state index in [0.717, 1.165) is 22.2 Å². The third-order valence-corrected chi connectivity index (χ3v) is 7.53. The number of halogens is 1. The standard InChI is InChI=1S/C28H24FN3O4S/c1-15(33)30-19-10-12-24-25(14-19)37-28(32-24)31-23-11-9-18(13-22(23)29)16-5-7-17(8-6-16)26(34)20-3-2-4-21(20)27(35)36/h5-14,20-21H,2-4H2,1H3,(H,30,33)(H,31,32)(H,35,36)/t20-,21-/m0/s1. The van der Waals surface area contributed by atoms with Gasteiger partial charge in [0.05, 0.1) is 21.8 Å². The van der Waals surface area contributed by atoms with Crippen molar-refractivity contribution in [2.45, 2.75) is 26.2 Å². The van der Waals surface area contributed by atoms with Crippen LogP contribution >= 0.6 is 11.3 Å². The SMILES string of the molecule is CC(=O)Nc1ccc2nc(Nc3ccc(-c4ccc(C(=O)[C@H]5CCC[C@@H]5C(=O)O)cc4)cc3F)sc2c1. The van der Waals surface area contributed by atoms with Gasteiger partial charge in [0.25, 0.3) is 0 Å². The largest absolute Gasteiger partial charge is 0.481 e. The van der Waals surface area contributed by atoms with E-state index in [-0.39, 0.29) is 17.4 Å². The second kappa shape index (κ2) is 10.1. The van der Waals surface area contributed by atoms with Gasteiger partial charge in [0.15, 0.2) is 10.9 Å². The maximum Gasteiger partial charge on any atom is 0.307 e. The highest BCUT2D eigenvalue weighted by molar-refractivity contribution is 7.22. The first-order chi connectivity index (χ1) is 17.8. The van der Waals surface area contributed by atoms with Crippen LogP contribution in [0.3, 0.4) is 0 Å². The number of ketones is 1. The van der Waals surface area contributed by atoms with Gasteiger partial charge in [-0.1, -0.05) is 48.1 Å². The predicted molar refractivity (Wildman–Crippen MR) is 142 cm³/mol. The van der Waals surface area contributed by atoms with Crippen LogP contribution in [0.15, 0.2) is 60.7 Å². The second-order valence-electron chi connectivity index (χ2n) is 9.13. The minimum atomic E-state index is -0.919. The summed E-state index contributed by atoms with van der Waals surface area (Å²) in [6, 6.07) is 17.1. The molecule has 1 amide bonds. The fraction of sp³-hybridized carbons (Fsp3) is 0.214. The molecule has 0 aliphatic heterocycles. The number of carboxylic acids is 1. The Bertz CT molecular complexity index is 1520. The number of Topliss-reactive ketones (excluding diaryl/α,β-unsaturated/α-hetero) is 1. The molecule has 2 atom stereocenters. The van der Waals surface area contributed by atoms with Crippen molar-refractivity contribution >= 4 is 55.7 Å². The number of carboxylic acid groups (broad SMARTS) is 1. The first-order valence-electron chi connectivity index (χ1n) is 11.9. The van der Waals surface area contributed by atoms with E-state index in [1.807, 2.05) is 6.07 Å². The molecule has 1 heterocycles. The van der Waals surface area contributed by atoms with Gasteiger partial charge in [0.1, 0.15) is 5.82 Å². The number of thiazole rings is 1. The highest BCUT2D eigenvalue weighted by atomic mass is 32.1. The molecule has 9 heteroatoms. The van der Waals surface area contributed by atoms with E-state index < -0.39 is 23.6 Å². The van der Waals surface area contributed by atoms with Gasteiger partial charge in [0, 0.05) is 24.1 Å². The van der Waals surface area contributed by atoms with E-state index in [2.05, 4.69) is 15.6 Å². The lowest BCUT2D eigenvalue weighted by Gasteiger charge is -2.15. The zero-order valence-corrected chi connectivity index (χ0v) is 20.8. The van der Waals surface area contributed by atoms with Crippen LogP contribution in [0.1, 0.15) is 36.5 Å². The fourth-order valence-corrected chi connectivity index (χ4v) is 5.70. The Hall–Kier alpha value is -4.11. The van der Waals surface area contributed by atoms with Crippen molar-refractivity contribution in [2.24, 2.45) is 11.8 Å². The van der Waals surface area contributed by atoms with Crippen molar-refractivity contribution in [3.63, 3.8) is 0 Å². The summed E-state index contributed by atoms with van der Waals surface area (Å²) in [5, 5.41) is 15.7. The van der Waals surface area contributed by atoms with Crippen molar-refractivity contribution in [3.8, 4) is 11.1 Å². The number of hydrogen-bond donors (Lipinski definition) is 3. The third-order valence-electron chi connectivity index (χ3n) is 6.59. The zero-order chi connectivity index (χ0) is 26.1. The predicted octanol–water partition coefficient (Wildman–Crippen LogP) is 6.49. The van der Waals surface area contributed by atoms with Gasteiger partial charge in [-0.05, 0) is 54.3 Å². The van der Waals surface area contributed by atoms with Crippen LogP contribution in [-0.2, 0) is 9.59 Å². The lowest BCUT2D eigenvalue weighted by atomic mass is 9.88. The molecule has 1 aromatic heterocycles. The molecule has 3 aromatic carbocycles. The van der Waals surface area contributed by atoms with Crippen molar-refractivity contribution in [3.05, 3.63) is 72.0 Å². The molecule has 7 nitrogen and oxygen atoms in total. The van der Waals surface area contributed by atoms with E-state index in [9.17, 15) is 23.9 Å². The molecule has 1 saturated carbocycles. The van der Waals surface area contributed by atoms with E-state index >= 15 is 0 Å². The zero-order valence-electron chi connectivity index (χ0n) is 20.0. The number of carbonyl (C=O) groups is 3. The number of aromatic nitrogens is 1. The van der Waals surface area contributed by atoms with Gasteiger partial charge in [-0.2, -0.15) is 0 Å². The molecular formula is C28H24FN3O4S. The number of anilines is 3. The van der Waals surface area contributed by atoms with Crippen molar-refractivity contribution in [1.82, 2.24) is 4.98 Å². The monoisotopic (exact) mass is 517 g/mol. The first kappa shape index (κ1) is 24.6. The van der Waals surface area contributed by atoms with E-state index in [1.54, 1.807) is 48.5 Å². The van der Waals surface area contributed by atoms with E-state index in [4.69, 9.17) is 0 Å². The molecule has 1 fully saturated rings. The average molecular weight is 518 g/mol. The Morgan fingerprint density at radius 3 is 2.41 bits per heavy atom. The van der Waals surface area contributed by atoms with Gasteiger partial charge in [-0.25, -0.2) is 9.37 Å². The Morgan fingerprint density at radius 2 is 1.70 bits per heavy atom. The van der Waals surface area contributed by atoms with Gasteiger partial charge in [-0.15, -0.1) is 0 Å². The van der Waals surface area contributed by atoms with Crippen LogP contribution < -0.4 is 10.6 Å². The number of aliphatic carboxylic acids is 1. The summed E-state index contributed by atoms with van der Waals surface area (Å²) in [6.07, 6.45) is 1.85. The summed E-state index contributed by atoms with van der Waals surface area (Å²) in [6.45, 7) is 1.44. The number of carbonyl (C=O) groups excluding carboxylic acids is 2. The number of rotatable bonds is 7. The molecule has 5 rings (SSSR count). The average Bonchev–Trinajstić information content (AvgIpc) is 3.51. The lowest BCUT2D eigenvalue weighted by Crippen LogP contribution is -2.25. The van der Waals surface area contributed by atoms with Crippen LogP contribution in [0, 0.1) is 17.7 Å². The summed E-state index contributed by atoms with van der Waals surface area (Å²) in [4.78, 5) is 40.1. The molecule has 0 bridgehead atoms. The minimum absolute atomic E-state index is 0.151. The highest BCUT2D eigenvalue weighted by Gasteiger charge is 2.37. The number of fused-ring (bicyclic) bond motifs is 1. The summed E-state index contributed by atoms with van der Waals surface area (Å²) in [5.74, 6) is -2.81. The lowest BCUT2D eigenvalue weighted by molar-refractivity contribution is -0.142.